The summed E-state index contributed by atoms with van der Waals surface area (Å²) in [5, 5.41) is 3.47. The number of rotatable bonds is 7. The van der Waals surface area contributed by atoms with Crippen molar-refractivity contribution < 1.29 is 18.8 Å². The van der Waals surface area contributed by atoms with E-state index in [4.69, 9.17) is 9.47 Å². The van der Waals surface area contributed by atoms with Crippen molar-refractivity contribution in [2.75, 3.05) is 55.6 Å². The maximum absolute atomic E-state index is 13.1. The molecule has 1 amide bonds. The van der Waals surface area contributed by atoms with Gasteiger partial charge < -0.3 is 29.1 Å². The van der Waals surface area contributed by atoms with E-state index in [2.05, 4.69) is 16.3 Å². The Kier molecular flexibility index (Phi) is 7.57. The lowest BCUT2D eigenvalue weighted by molar-refractivity contribution is -0.119. The van der Waals surface area contributed by atoms with Gasteiger partial charge in [0.25, 0.3) is 0 Å². The van der Waals surface area contributed by atoms with Gasteiger partial charge in [0.15, 0.2) is 4.90 Å². The highest BCUT2D eigenvalue weighted by Gasteiger charge is 2.33. The molecule has 3 aromatic carbocycles. The van der Waals surface area contributed by atoms with Crippen molar-refractivity contribution in [1.29, 1.82) is 0 Å². The molecule has 0 bridgehead atoms. The maximum atomic E-state index is 13.1. The van der Waals surface area contributed by atoms with Crippen LogP contribution in [0.15, 0.2) is 71.6 Å². The molecule has 1 saturated heterocycles. The second kappa shape index (κ2) is 11.0. The number of hydrogen-bond acceptors (Lipinski definition) is 7. The standard InChI is InChI=1S/C28H32N4O4S/c1-20-28(33)30(2)26-12-9-23(18-27(26)32(20)19-21-7-10-24(35-3)11-8-21)29-22-5-4-6-25(17-22)37(34)31-13-15-36-16-14-31/h4-12,17-18,20,29H,13-16,19H2,1-3H3. The molecule has 0 spiro atoms. The van der Waals surface area contributed by atoms with E-state index in [-0.39, 0.29) is 11.9 Å². The molecule has 5 rings (SSSR count). The van der Waals surface area contributed by atoms with Crippen molar-refractivity contribution in [2.45, 2.75) is 24.4 Å². The number of anilines is 4. The second-order valence-corrected chi connectivity index (χ2v) is 10.7. The van der Waals surface area contributed by atoms with Gasteiger partial charge >= 0.3 is 0 Å². The molecule has 1 fully saturated rings. The van der Waals surface area contributed by atoms with Crippen molar-refractivity contribution in [1.82, 2.24) is 4.31 Å². The third-order valence-electron chi connectivity index (χ3n) is 6.84. The predicted molar refractivity (Wildman–Crippen MR) is 147 cm³/mol. The Labute approximate surface area is 221 Å². The molecule has 0 aliphatic carbocycles. The summed E-state index contributed by atoms with van der Waals surface area (Å²) in [5.74, 6) is 0.856. The van der Waals surface area contributed by atoms with E-state index in [0.29, 0.717) is 32.8 Å². The fraction of sp³-hybridized carbons (Fsp3) is 0.321. The van der Waals surface area contributed by atoms with Gasteiger partial charge in [-0.15, -0.1) is 4.31 Å². The maximum Gasteiger partial charge on any atom is 0.249 e. The van der Waals surface area contributed by atoms with Crippen molar-refractivity contribution in [3.63, 3.8) is 0 Å². The number of amides is 1. The van der Waals surface area contributed by atoms with Crippen LogP contribution in [0.1, 0.15) is 12.5 Å². The lowest BCUT2D eigenvalue weighted by Crippen LogP contribution is -2.50. The van der Waals surface area contributed by atoms with Crippen LogP contribution in [0.25, 0.3) is 0 Å². The van der Waals surface area contributed by atoms with Gasteiger partial charge in [0.2, 0.25) is 5.91 Å². The van der Waals surface area contributed by atoms with E-state index < -0.39 is 11.4 Å². The average molecular weight is 521 g/mol. The van der Waals surface area contributed by atoms with Crippen molar-refractivity contribution in [3.05, 3.63) is 72.3 Å². The van der Waals surface area contributed by atoms with Gasteiger partial charge in [-0.2, -0.15) is 0 Å². The summed E-state index contributed by atoms with van der Waals surface area (Å²) in [6.07, 6.45) is 0. The van der Waals surface area contributed by atoms with Crippen LogP contribution in [0, 0.1) is 0 Å². The van der Waals surface area contributed by atoms with E-state index >= 15 is 0 Å². The van der Waals surface area contributed by atoms with E-state index in [9.17, 15) is 9.35 Å². The first-order valence-corrected chi connectivity index (χ1v) is 13.5. The Morgan fingerprint density at radius 1 is 1.03 bits per heavy atom. The number of nitrogens with zero attached hydrogens (tertiary/aromatic N) is 3. The molecule has 0 aromatic heterocycles. The quantitative estimate of drug-likeness (QED) is 0.469. The number of nitrogens with one attached hydrogen (secondary N) is 1. The van der Waals surface area contributed by atoms with Crippen LogP contribution in [0.3, 0.4) is 0 Å². The number of benzene rings is 3. The Hall–Kier alpha value is -3.24. The topological polar surface area (TPSA) is 80.3 Å². The van der Waals surface area contributed by atoms with Crippen LogP contribution in [0.2, 0.25) is 0 Å². The van der Waals surface area contributed by atoms with E-state index in [0.717, 1.165) is 39.0 Å². The summed E-state index contributed by atoms with van der Waals surface area (Å²) < 4.78 is 25.7. The van der Waals surface area contributed by atoms with Crippen LogP contribution >= 0.6 is 0 Å². The fourth-order valence-corrected chi connectivity index (χ4v) is 5.92. The first-order chi connectivity index (χ1) is 17.9. The summed E-state index contributed by atoms with van der Waals surface area (Å²) in [6, 6.07) is 21.3. The summed E-state index contributed by atoms with van der Waals surface area (Å²) in [7, 11) is 3.47. The summed E-state index contributed by atoms with van der Waals surface area (Å²) in [6.45, 7) is 5.04. The van der Waals surface area contributed by atoms with E-state index in [1.54, 1.807) is 12.0 Å². The number of morpholine rings is 1. The molecule has 194 valence electrons. The smallest absolute Gasteiger partial charge is 0.249 e. The van der Waals surface area contributed by atoms with Crippen molar-refractivity contribution in [3.8, 4) is 5.75 Å². The molecule has 2 aliphatic heterocycles. The molecule has 2 atom stereocenters. The molecular weight excluding hydrogens is 488 g/mol. The lowest BCUT2D eigenvalue weighted by atomic mass is 10.0. The molecule has 1 N–H and O–H groups in total. The minimum absolute atomic E-state index is 0.0556. The first kappa shape index (κ1) is 25.4. The largest absolute Gasteiger partial charge is 0.593 e. The second-order valence-electron chi connectivity index (χ2n) is 9.20. The van der Waals surface area contributed by atoms with Crippen LogP contribution < -0.4 is 19.9 Å². The van der Waals surface area contributed by atoms with Crippen LogP contribution in [0.4, 0.5) is 22.7 Å². The summed E-state index contributed by atoms with van der Waals surface area (Å²) >= 11 is -1.23. The van der Waals surface area contributed by atoms with Gasteiger partial charge in [0, 0.05) is 31.0 Å². The zero-order valence-corrected chi connectivity index (χ0v) is 22.2. The van der Waals surface area contributed by atoms with Crippen molar-refractivity contribution >= 4 is 40.0 Å². The Morgan fingerprint density at radius 3 is 2.49 bits per heavy atom. The Balaban J connectivity index is 1.40. The fourth-order valence-electron chi connectivity index (χ4n) is 4.72. The van der Waals surface area contributed by atoms with Gasteiger partial charge in [-0.1, -0.05) is 18.2 Å². The molecule has 0 radical (unpaired) electrons. The number of ether oxygens (including phenoxy) is 2. The third kappa shape index (κ3) is 5.40. The minimum Gasteiger partial charge on any atom is -0.593 e. The Bertz CT molecular complexity index is 1250. The number of likely N-dealkylation sites (N-methyl/N-ethyl adjacent to an activating group) is 1. The number of methoxy groups -OCH3 is 1. The normalized spacial score (nSPS) is 18.9. The average Bonchev–Trinajstić information content (AvgIpc) is 2.94. The molecule has 0 saturated carbocycles. The zero-order valence-electron chi connectivity index (χ0n) is 21.3. The van der Waals surface area contributed by atoms with Gasteiger partial charge in [-0.3, -0.25) is 4.79 Å². The van der Waals surface area contributed by atoms with Gasteiger partial charge in [-0.25, -0.2) is 0 Å². The molecule has 9 heteroatoms. The molecule has 2 aliphatic rings. The molecular formula is C28H32N4O4S. The highest BCUT2D eigenvalue weighted by atomic mass is 32.2. The van der Waals surface area contributed by atoms with Crippen molar-refractivity contribution in [2.24, 2.45) is 0 Å². The first-order valence-electron chi connectivity index (χ1n) is 12.4. The highest BCUT2D eigenvalue weighted by Crippen LogP contribution is 2.39. The molecule has 8 nitrogen and oxygen atoms in total. The van der Waals surface area contributed by atoms with E-state index in [1.165, 1.54) is 0 Å². The lowest BCUT2D eigenvalue weighted by Gasteiger charge is -2.40. The Morgan fingerprint density at radius 2 is 1.76 bits per heavy atom. The van der Waals surface area contributed by atoms with Gasteiger partial charge in [-0.05, 0) is 55.0 Å². The van der Waals surface area contributed by atoms with Gasteiger partial charge in [0.1, 0.15) is 11.8 Å². The molecule has 37 heavy (non-hydrogen) atoms. The SMILES string of the molecule is COc1ccc(CN2c3cc(Nc4cccc([S+]([O-])N5CCOCC5)c4)ccc3N(C)C(=O)C2C)cc1. The monoisotopic (exact) mass is 520 g/mol. The third-order valence-corrected chi connectivity index (χ3v) is 8.33. The molecule has 2 unspecified atom stereocenters. The molecule has 2 heterocycles. The molecule has 3 aromatic rings. The van der Waals surface area contributed by atoms with Crippen LogP contribution in [-0.4, -0.2) is 61.3 Å². The number of carbonyl (C=O) groups is 1. The van der Waals surface area contributed by atoms with Gasteiger partial charge in [0.05, 0.1) is 56.1 Å². The zero-order chi connectivity index (χ0) is 25.9. The van der Waals surface area contributed by atoms with E-state index in [1.807, 2.05) is 78.9 Å². The van der Waals surface area contributed by atoms with Crippen LogP contribution in [0.5, 0.6) is 5.75 Å². The minimum atomic E-state index is -1.23. The summed E-state index contributed by atoms with van der Waals surface area (Å²) in [4.78, 5) is 17.6. The number of hydrogen-bond donors (Lipinski definition) is 1. The number of carbonyl (C=O) groups excluding carboxylic acids is 1. The highest BCUT2D eigenvalue weighted by molar-refractivity contribution is 7.89. The summed E-state index contributed by atoms with van der Waals surface area (Å²) in [5.41, 5.74) is 4.68. The number of fused-ring (bicyclic) bond motifs is 1. The predicted octanol–water partition coefficient (Wildman–Crippen LogP) is 4.17. The van der Waals surface area contributed by atoms with Crippen LogP contribution in [-0.2, 0) is 27.4 Å².